The first-order valence-electron chi connectivity index (χ1n) is 6.20. The largest absolute Gasteiger partial charge is 0.368 e. The number of benzene rings is 1. The number of ether oxygens (including phenoxy) is 1. The number of imidazole rings is 1. The van der Waals surface area contributed by atoms with Crippen LogP contribution in [0.3, 0.4) is 0 Å². The second kappa shape index (κ2) is 4.78. The van der Waals surface area contributed by atoms with E-state index >= 15 is 0 Å². The van der Waals surface area contributed by atoms with Crippen LogP contribution in [0.25, 0.3) is 11.0 Å². The molecule has 3 rings (SSSR count). The summed E-state index contributed by atoms with van der Waals surface area (Å²) in [5.74, 6) is 0.365. The third-order valence-electron chi connectivity index (χ3n) is 3.10. The Bertz CT molecular complexity index is 525. The summed E-state index contributed by atoms with van der Waals surface area (Å²) in [7, 11) is 0. The molecule has 5 nitrogen and oxygen atoms in total. The lowest BCUT2D eigenvalue weighted by Gasteiger charge is -2.20. The Morgan fingerprint density at radius 3 is 3.06 bits per heavy atom. The van der Waals surface area contributed by atoms with E-state index < -0.39 is 0 Å². The fourth-order valence-corrected chi connectivity index (χ4v) is 2.16. The van der Waals surface area contributed by atoms with Crippen molar-refractivity contribution < 1.29 is 9.53 Å². The number of aromatic nitrogens is 2. The molecule has 2 aromatic rings. The topological polar surface area (TPSA) is 67.0 Å². The molecular weight excluding hydrogens is 230 g/mol. The number of H-pyrrole nitrogens is 1. The molecule has 2 heterocycles. The lowest BCUT2D eigenvalue weighted by Crippen LogP contribution is -2.33. The second-order valence-electron chi connectivity index (χ2n) is 4.45. The quantitative estimate of drug-likeness (QED) is 0.851. The van der Waals surface area contributed by atoms with Crippen LogP contribution in [0.15, 0.2) is 24.3 Å². The van der Waals surface area contributed by atoms with E-state index in [4.69, 9.17) is 4.74 Å². The Hall–Kier alpha value is -1.88. The molecule has 1 unspecified atom stereocenters. The third-order valence-corrected chi connectivity index (χ3v) is 3.10. The van der Waals surface area contributed by atoms with Crippen LogP contribution in [0.4, 0.5) is 5.95 Å². The molecule has 1 saturated heterocycles. The number of para-hydroxylation sites is 2. The van der Waals surface area contributed by atoms with Gasteiger partial charge in [0.2, 0.25) is 5.95 Å². The van der Waals surface area contributed by atoms with Gasteiger partial charge in [-0.1, -0.05) is 12.1 Å². The number of nitrogens with one attached hydrogen (secondary N) is 2. The molecule has 0 aliphatic carbocycles. The van der Waals surface area contributed by atoms with Crippen molar-refractivity contribution in [3.63, 3.8) is 0 Å². The minimum Gasteiger partial charge on any atom is -0.368 e. The number of nitrogens with zero attached hydrogens (tertiary/aromatic N) is 1. The maximum atomic E-state index is 11.9. The summed E-state index contributed by atoms with van der Waals surface area (Å²) in [5.41, 5.74) is 1.76. The van der Waals surface area contributed by atoms with Gasteiger partial charge >= 0.3 is 0 Å². The van der Waals surface area contributed by atoms with Gasteiger partial charge < -0.3 is 9.72 Å². The molecule has 0 spiro atoms. The number of carbonyl (C=O) groups is 1. The van der Waals surface area contributed by atoms with Crippen molar-refractivity contribution in [2.75, 3.05) is 11.9 Å². The van der Waals surface area contributed by atoms with Crippen LogP contribution in [0.2, 0.25) is 0 Å². The molecule has 2 N–H and O–H groups in total. The molecule has 0 bridgehead atoms. The van der Waals surface area contributed by atoms with Crippen LogP contribution in [-0.4, -0.2) is 28.6 Å². The standard InChI is InChI=1S/C13H15N3O2/c17-12(11-7-3-4-8-18-11)16-13-14-9-5-1-2-6-10(9)15-13/h1-2,5-6,11H,3-4,7-8H2,(H2,14,15,16,17). The number of amides is 1. The van der Waals surface area contributed by atoms with Gasteiger partial charge in [0.25, 0.3) is 5.91 Å². The summed E-state index contributed by atoms with van der Waals surface area (Å²) in [4.78, 5) is 19.3. The van der Waals surface area contributed by atoms with E-state index in [1.54, 1.807) is 0 Å². The smallest absolute Gasteiger partial charge is 0.255 e. The molecule has 18 heavy (non-hydrogen) atoms. The van der Waals surface area contributed by atoms with Crippen LogP contribution >= 0.6 is 0 Å². The van der Waals surface area contributed by atoms with Crippen LogP contribution in [-0.2, 0) is 9.53 Å². The maximum absolute atomic E-state index is 11.9. The third kappa shape index (κ3) is 2.22. The maximum Gasteiger partial charge on any atom is 0.255 e. The molecule has 1 aromatic carbocycles. The highest BCUT2D eigenvalue weighted by Gasteiger charge is 2.22. The summed E-state index contributed by atoms with van der Waals surface area (Å²) in [5, 5.41) is 2.77. The van der Waals surface area contributed by atoms with E-state index in [2.05, 4.69) is 15.3 Å². The van der Waals surface area contributed by atoms with Gasteiger partial charge in [-0.2, -0.15) is 0 Å². The zero-order valence-corrected chi connectivity index (χ0v) is 9.98. The van der Waals surface area contributed by atoms with Crippen molar-refractivity contribution in [2.24, 2.45) is 0 Å². The number of hydrogen-bond acceptors (Lipinski definition) is 3. The lowest BCUT2D eigenvalue weighted by molar-refractivity contribution is -0.130. The van der Waals surface area contributed by atoms with E-state index in [0.717, 1.165) is 30.3 Å². The minimum atomic E-state index is -0.341. The van der Waals surface area contributed by atoms with Crippen molar-refractivity contribution in [3.8, 4) is 0 Å². The molecule has 1 aliphatic heterocycles. The Balaban J connectivity index is 1.73. The van der Waals surface area contributed by atoms with E-state index in [1.165, 1.54) is 0 Å². The zero-order chi connectivity index (χ0) is 12.4. The van der Waals surface area contributed by atoms with Crippen LogP contribution in [0.5, 0.6) is 0 Å². The Morgan fingerprint density at radius 1 is 1.39 bits per heavy atom. The zero-order valence-electron chi connectivity index (χ0n) is 9.98. The molecule has 1 fully saturated rings. The molecule has 1 aliphatic rings. The molecule has 1 aromatic heterocycles. The number of carbonyl (C=O) groups excluding carboxylic acids is 1. The van der Waals surface area contributed by atoms with Crippen molar-refractivity contribution in [2.45, 2.75) is 25.4 Å². The number of aromatic amines is 1. The predicted octanol–water partition coefficient (Wildman–Crippen LogP) is 2.07. The highest BCUT2D eigenvalue weighted by atomic mass is 16.5. The number of rotatable bonds is 2. The minimum absolute atomic E-state index is 0.117. The predicted molar refractivity (Wildman–Crippen MR) is 68.3 cm³/mol. The first-order chi connectivity index (χ1) is 8.83. The molecule has 5 heteroatoms. The van der Waals surface area contributed by atoms with Crippen molar-refractivity contribution in [1.82, 2.24) is 9.97 Å². The SMILES string of the molecule is O=C(Nc1nc2ccccc2[nH]1)C1CCCCO1. The van der Waals surface area contributed by atoms with Crippen molar-refractivity contribution in [1.29, 1.82) is 0 Å². The number of fused-ring (bicyclic) bond motifs is 1. The highest BCUT2D eigenvalue weighted by Crippen LogP contribution is 2.16. The molecule has 0 saturated carbocycles. The van der Waals surface area contributed by atoms with Gasteiger partial charge in [-0.15, -0.1) is 0 Å². The molecule has 94 valence electrons. The second-order valence-corrected chi connectivity index (χ2v) is 4.45. The summed E-state index contributed by atoms with van der Waals surface area (Å²) in [6.07, 6.45) is 2.52. The molecule has 1 amide bonds. The molecule has 0 radical (unpaired) electrons. The van der Waals surface area contributed by atoms with Gasteiger partial charge in [0, 0.05) is 6.61 Å². The van der Waals surface area contributed by atoms with Gasteiger partial charge in [-0.3, -0.25) is 10.1 Å². The van der Waals surface area contributed by atoms with Crippen molar-refractivity contribution >= 4 is 22.9 Å². The molecular formula is C13H15N3O2. The van der Waals surface area contributed by atoms with Gasteiger partial charge in [-0.25, -0.2) is 4.98 Å². The van der Waals surface area contributed by atoms with Gasteiger partial charge in [-0.05, 0) is 31.4 Å². The van der Waals surface area contributed by atoms with E-state index in [1.807, 2.05) is 24.3 Å². The number of hydrogen-bond donors (Lipinski definition) is 2. The van der Waals surface area contributed by atoms with Crippen LogP contribution < -0.4 is 5.32 Å². The van der Waals surface area contributed by atoms with E-state index in [-0.39, 0.29) is 12.0 Å². The van der Waals surface area contributed by atoms with E-state index in [9.17, 15) is 4.79 Å². The first-order valence-corrected chi connectivity index (χ1v) is 6.20. The summed E-state index contributed by atoms with van der Waals surface area (Å²) < 4.78 is 5.43. The fourth-order valence-electron chi connectivity index (χ4n) is 2.16. The Labute approximate surface area is 105 Å². The summed E-state index contributed by atoms with van der Waals surface area (Å²) in [6, 6.07) is 7.67. The first kappa shape index (κ1) is 11.2. The summed E-state index contributed by atoms with van der Waals surface area (Å²) in [6.45, 7) is 0.665. The fraction of sp³-hybridized carbons (Fsp3) is 0.385. The van der Waals surface area contributed by atoms with E-state index in [0.29, 0.717) is 12.6 Å². The highest BCUT2D eigenvalue weighted by molar-refractivity contribution is 5.94. The van der Waals surface area contributed by atoms with Gasteiger partial charge in [0.1, 0.15) is 6.10 Å². The van der Waals surface area contributed by atoms with Gasteiger partial charge in [0.05, 0.1) is 11.0 Å². The number of anilines is 1. The average Bonchev–Trinajstić information content (AvgIpc) is 2.82. The average molecular weight is 245 g/mol. The normalized spacial score (nSPS) is 19.9. The summed E-state index contributed by atoms with van der Waals surface area (Å²) >= 11 is 0. The van der Waals surface area contributed by atoms with Crippen LogP contribution in [0, 0.1) is 0 Å². The lowest BCUT2D eigenvalue weighted by atomic mass is 10.1. The van der Waals surface area contributed by atoms with Gasteiger partial charge in [0.15, 0.2) is 0 Å². The van der Waals surface area contributed by atoms with Crippen molar-refractivity contribution in [3.05, 3.63) is 24.3 Å². The molecule has 1 atom stereocenters. The monoisotopic (exact) mass is 245 g/mol. The Morgan fingerprint density at radius 2 is 2.28 bits per heavy atom. The van der Waals surface area contributed by atoms with Crippen LogP contribution in [0.1, 0.15) is 19.3 Å². The Kier molecular flexibility index (Phi) is 2.98.